The second-order valence-corrected chi connectivity index (χ2v) is 11.8. The molecule has 0 aliphatic rings. The molecule has 0 fully saturated rings. The predicted molar refractivity (Wildman–Crippen MR) is 159 cm³/mol. The van der Waals surface area contributed by atoms with Crippen LogP contribution in [-0.2, 0) is 26.2 Å². The number of amides is 2. The van der Waals surface area contributed by atoms with Crippen molar-refractivity contribution in [3.63, 3.8) is 0 Å². The van der Waals surface area contributed by atoms with Crippen LogP contribution in [0.1, 0.15) is 44.7 Å². The summed E-state index contributed by atoms with van der Waals surface area (Å²) in [6.45, 7) is 7.41. The Balaban J connectivity index is 1.90. The highest BCUT2D eigenvalue weighted by Crippen LogP contribution is 2.26. The number of nitrogens with one attached hydrogen (secondary N) is 1. The lowest BCUT2D eigenvalue weighted by Gasteiger charge is -2.33. The molecule has 0 aromatic heterocycles. The maximum Gasteiger partial charge on any atom is 0.244 e. The molecule has 0 bridgehead atoms. The number of carbonyl (C=O) groups excluding carboxylic acids is 2. The van der Waals surface area contributed by atoms with Crippen molar-refractivity contribution in [2.24, 2.45) is 0 Å². The normalized spacial score (nSPS) is 12.7. The average Bonchev–Trinajstić information content (AvgIpc) is 2.92. The standard InChI is InChI=1S/C31H39N3O5S/c1-6-24(4)32-31(36)29(7-2)33(21-25-13-11-12-23(3)20-25)30(35)22-34(40(5,37)38)26-16-18-28(19-17-26)39-27-14-9-8-10-15-27/h8-20,24,29H,6-7,21-22H2,1-5H3,(H,32,36)/t24-,29-/m1/s1. The predicted octanol–water partition coefficient (Wildman–Crippen LogP) is 5.28. The highest BCUT2D eigenvalue weighted by molar-refractivity contribution is 7.92. The third kappa shape index (κ3) is 8.58. The summed E-state index contributed by atoms with van der Waals surface area (Å²) in [6.07, 6.45) is 2.19. The number of rotatable bonds is 13. The van der Waals surface area contributed by atoms with Gasteiger partial charge in [-0.05, 0) is 68.7 Å². The van der Waals surface area contributed by atoms with E-state index in [2.05, 4.69) is 5.32 Å². The number of para-hydroxylation sites is 1. The highest BCUT2D eigenvalue weighted by Gasteiger charge is 2.32. The van der Waals surface area contributed by atoms with Crippen molar-refractivity contribution < 1.29 is 22.7 Å². The van der Waals surface area contributed by atoms with E-state index < -0.39 is 28.5 Å². The first-order valence-corrected chi connectivity index (χ1v) is 15.3. The first kappa shape index (κ1) is 30.7. The summed E-state index contributed by atoms with van der Waals surface area (Å²) < 4.78 is 32.6. The zero-order chi connectivity index (χ0) is 29.3. The van der Waals surface area contributed by atoms with Crippen molar-refractivity contribution in [1.82, 2.24) is 10.2 Å². The van der Waals surface area contributed by atoms with E-state index in [9.17, 15) is 18.0 Å². The Morgan fingerprint density at radius 1 is 0.900 bits per heavy atom. The lowest BCUT2D eigenvalue weighted by Crippen LogP contribution is -2.53. The van der Waals surface area contributed by atoms with E-state index in [4.69, 9.17) is 4.74 Å². The van der Waals surface area contributed by atoms with E-state index in [1.807, 2.05) is 82.3 Å². The number of carbonyl (C=O) groups is 2. The van der Waals surface area contributed by atoms with Gasteiger partial charge in [0.15, 0.2) is 0 Å². The molecule has 40 heavy (non-hydrogen) atoms. The number of hydrogen-bond donors (Lipinski definition) is 1. The molecular weight excluding hydrogens is 526 g/mol. The highest BCUT2D eigenvalue weighted by atomic mass is 32.2. The van der Waals surface area contributed by atoms with Crippen LogP contribution in [-0.4, -0.2) is 50.0 Å². The minimum atomic E-state index is -3.83. The molecule has 3 aromatic rings. The van der Waals surface area contributed by atoms with Crippen LogP contribution in [0.25, 0.3) is 0 Å². The molecule has 3 aromatic carbocycles. The fraction of sp³-hybridized carbons (Fsp3) is 0.355. The number of sulfonamides is 1. The van der Waals surface area contributed by atoms with Gasteiger partial charge >= 0.3 is 0 Å². The minimum absolute atomic E-state index is 0.0541. The average molecular weight is 566 g/mol. The minimum Gasteiger partial charge on any atom is -0.457 e. The van der Waals surface area contributed by atoms with Crippen LogP contribution in [0.15, 0.2) is 78.9 Å². The van der Waals surface area contributed by atoms with Crippen LogP contribution in [0.5, 0.6) is 11.5 Å². The molecule has 0 radical (unpaired) electrons. The van der Waals surface area contributed by atoms with E-state index in [1.54, 1.807) is 24.3 Å². The Bertz CT molecular complexity index is 1380. The summed E-state index contributed by atoms with van der Waals surface area (Å²) >= 11 is 0. The number of hydrogen-bond acceptors (Lipinski definition) is 5. The molecule has 9 heteroatoms. The molecule has 214 valence electrons. The summed E-state index contributed by atoms with van der Waals surface area (Å²) in [6, 6.07) is 22.6. The van der Waals surface area contributed by atoms with E-state index in [0.717, 1.165) is 28.1 Å². The monoisotopic (exact) mass is 565 g/mol. The van der Waals surface area contributed by atoms with Crippen LogP contribution in [0, 0.1) is 6.92 Å². The van der Waals surface area contributed by atoms with Crippen LogP contribution >= 0.6 is 0 Å². The lowest BCUT2D eigenvalue weighted by atomic mass is 10.1. The molecule has 3 rings (SSSR count). The zero-order valence-electron chi connectivity index (χ0n) is 23.8. The Morgan fingerprint density at radius 3 is 2.12 bits per heavy atom. The van der Waals surface area contributed by atoms with Crippen LogP contribution < -0.4 is 14.4 Å². The van der Waals surface area contributed by atoms with Gasteiger partial charge < -0.3 is 15.0 Å². The quantitative estimate of drug-likeness (QED) is 0.304. The Hall–Kier alpha value is -3.85. The third-order valence-electron chi connectivity index (χ3n) is 6.61. The smallest absolute Gasteiger partial charge is 0.244 e. The van der Waals surface area contributed by atoms with E-state index in [0.29, 0.717) is 23.6 Å². The maximum atomic E-state index is 13.8. The Kier molecular flexibility index (Phi) is 10.7. The van der Waals surface area contributed by atoms with Gasteiger partial charge in [-0.2, -0.15) is 0 Å². The van der Waals surface area contributed by atoms with Gasteiger partial charge in [0.2, 0.25) is 21.8 Å². The molecule has 2 amide bonds. The number of ether oxygens (including phenoxy) is 1. The first-order valence-electron chi connectivity index (χ1n) is 13.5. The molecule has 0 spiro atoms. The zero-order valence-corrected chi connectivity index (χ0v) is 24.6. The molecule has 0 saturated carbocycles. The Labute approximate surface area is 238 Å². The summed E-state index contributed by atoms with van der Waals surface area (Å²) in [5.74, 6) is 0.455. The second kappa shape index (κ2) is 14.0. The van der Waals surface area contributed by atoms with Crippen LogP contribution in [0.2, 0.25) is 0 Å². The third-order valence-corrected chi connectivity index (χ3v) is 7.75. The van der Waals surface area contributed by atoms with E-state index in [-0.39, 0.29) is 18.5 Å². The van der Waals surface area contributed by atoms with Gasteiger partial charge in [-0.15, -0.1) is 0 Å². The van der Waals surface area contributed by atoms with E-state index in [1.165, 1.54) is 4.90 Å². The number of benzene rings is 3. The van der Waals surface area contributed by atoms with Gasteiger partial charge in [-0.25, -0.2) is 8.42 Å². The SMILES string of the molecule is CC[C@@H](C)NC(=O)[C@@H](CC)N(Cc1cccc(C)c1)C(=O)CN(c1ccc(Oc2ccccc2)cc1)S(C)(=O)=O. The molecule has 0 unspecified atom stereocenters. The second-order valence-electron chi connectivity index (χ2n) is 9.93. The first-order chi connectivity index (χ1) is 19.0. The molecule has 2 atom stereocenters. The van der Waals surface area contributed by atoms with Gasteiger partial charge in [0.25, 0.3) is 0 Å². The molecule has 0 heterocycles. The summed E-state index contributed by atoms with van der Waals surface area (Å²) in [4.78, 5) is 28.6. The summed E-state index contributed by atoms with van der Waals surface area (Å²) in [5, 5.41) is 2.98. The Morgan fingerprint density at radius 2 is 1.55 bits per heavy atom. The molecule has 8 nitrogen and oxygen atoms in total. The van der Waals surface area contributed by atoms with Gasteiger partial charge in [0.05, 0.1) is 11.9 Å². The van der Waals surface area contributed by atoms with Crippen molar-refractivity contribution in [3.05, 3.63) is 90.0 Å². The molecule has 1 N–H and O–H groups in total. The number of aryl methyl sites for hydroxylation is 1. The van der Waals surface area contributed by atoms with Crippen LogP contribution in [0.4, 0.5) is 5.69 Å². The van der Waals surface area contributed by atoms with Crippen molar-refractivity contribution in [2.45, 2.75) is 59.2 Å². The fourth-order valence-electron chi connectivity index (χ4n) is 4.29. The summed E-state index contributed by atoms with van der Waals surface area (Å²) in [5.41, 5.74) is 2.21. The largest absolute Gasteiger partial charge is 0.457 e. The summed E-state index contributed by atoms with van der Waals surface area (Å²) in [7, 11) is -3.83. The van der Waals surface area contributed by atoms with Gasteiger partial charge in [-0.3, -0.25) is 13.9 Å². The van der Waals surface area contributed by atoms with Gasteiger partial charge in [0, 0.05) is 12.6 Å². The van der Waals surface area contributed by atoms with E-state index >= 15 is 0 Å². The maximum absolute atomic E-state index is 13.8. The molecular formula is C31H39N3O5S. The molecule has 0 saturated heterocycles. The van der Waals surface area contributed by atoms with Crippen molar-refractivity contribution in [2.75, 3.05) is 17.1 Å². The van der Waals surface area contributed by atoms with Crippen LogP contribution in [0.3, 0.4) is 0 Å². The fourth-order valence-corrected chi connectivity index (χ4v) is 5.14. The molecule has 0 aliphatic heterocycles. The number of anilines is 1. The van der Waals surface area contributed by atoms with Crippen molar-refractivity contribution in [1.29, 1.82) is 0 Å². The molecule has 0 aliphatic carbocycles. The topological polar surface area (TPSA) is 96.0 Å². The van der Waals surface area contributed by atoms with Crippen molar-refractivity contribution in [3.8, 4) is 11.5 Å². The lowest BCUT2D eigenvalue weighted by molar-refractivity contribution is -0.140. The van der Waals surface area contributed by atoms with Gasteiger partial charge in [-0.1, -0.05) is 61.9 Å². The number of nitrogens with zero attached hydrogens (tertiary/aromatic N) is 2. The van der Waals surface area contributed by atoms with Gasteiger partial charge in [0.1, 0.15) is 24.1 Å². The van der Waals surface area contributed by atoms with Crippen molar-refractivity contribution >= 4 is 27.5 Å².